The molecule has 0 radical (unpaired) electrons. The van der Waals surface area contributed by atoms with E-state index in [1.54, 1.807) is 20.3 Å². The zero-order valence-corrected chi connectivity index (χ0v) is 20.6. The second-order valence-corrected chi connectivity index (χ2v) is 9.01. The summed E-state index contributed by atoms with van der Waals surface area (Å²) in [5.74, 6) is 1.96. The van der Waals surface area contributed by atoms with E-state index >= 15 is 0 Å². The monoisotopic (exact) mass is 480 g/mol. The third-order valence-electron chi connectivity index (χ3n) is 6.90. The first kappa shape index (κ1) is 23.7. The van der Waals surface area contributed by atoms with Crippen molar-refractivity contribution in [3.05, 3.63) is 51.9 Å². The number of methoxy groups -OCH3 is 2. The van der Waals surface area contributed by atoms with Gasteiger partial charge in [0.05, 0.1) is 38.6 Å². The van der Waals surface area contributed by atoms with Gasteiger partial charge >= 0.3 is 5.63 Å². The van der Waals surface area contributed by atoms with Crippen LogP contribution in [-0.2, 0) is 11.3 Å². The van der Waals surface area contributed by atoms with Gasteiger partial charge in [0, 0.05) is 31.6 Å². The predicted molar refractivity (Wildman–Crippen MR) is 134 cm³/mol. The molecule has 1 saturated heterocycles. The Hall–Kier alpha value is -3.07. The van der Waals surface area contributed by atoms with Gasteiger partial charge in [0.15, 0.2) is 11.5 Å². The minimum atomic E-state index is -0.375. The lowest BCUT2D eigenvalue weighted by Gasteiger charge is -2.31. The highest BCUT2D eigenvalue weighted by Gasteiger charge is 2.24. The van der Waals surface area contributed by atoms with Crippen LogP contribution in [-0.4, -0.2) is 70.1 Å². The molecule has 35 heavy (non-hydrogen) atoms. The number of fused-ring (bicyclic) bond motifs is 3. The molecule has 186 valence electrons. The molecule has 3 aromatic rings. The second kappa shape index (κ2) is 10.3. The summed E-state index contributed by atoms with van der Waals surface area (Å²) in [7, 11) is 3.17. The van der Waals surface area contributed by atoms with Gasteiger partial charge in [-0.05, 0) is 55.3 Å². The molecule has 5 rings (SSSR count). The Balaban J connectivity index is 1.42. The van der Waals surface area contributed by atoms with Crippen LogP contribution in [0.1, 0.15) is 17.5 Å². The van der Waals surface area contributed by atoms with E-state index in [-0.39, 0.29) is 5.63 Å². The van der Waals surface area contributed by atoms with Crippen molar-refractivity contribution in [2.24, 2.45) is 0 Å². The van der Waals surface area contributed by atoms with Gasteiger partial charge in [0.25, 0.3) is 0 Å². The first-order valence-corrected chi connectivity index (χ1v) is 12.1. The number of aryl methyl sites for hydroxylation is 1. The molecule has 0 atom stereocenters. The SMILES string of the molecule is COc1ccc(-c2c(C)c3ccc4c(c3oc2=O)CN(CCCN2CCOCC2)CO4)cc1OC. The van der Waals surface area contributed by atoms with Gasteiger partial charge in [-0.15, -0.1) is 0 Å². The number of rotatable bonds is 7. The van der Waals surface area contributed by atoms with Gasteiger partial charge in [-0.25, -0.2) is 4.79 Å². The zero-order chi connectivity index (χ0) is 24.4. The molecule has 0 bridgehead atoms. The van der Waals surface area contributed by atoms with Crippen molar-refractivity contribution >= 4 is 11.0 Å². The standard InChI is InChI=1S/C27H32N2O6/c1-18-20-6-8-22-21(16-29(17-34-22)10-4-9-28-11-13-33-14-12-28)26(20)35-27(30)25(18)19-5-7-23(31-2)24(15-19)32-3/h5-8,15H,4,9-14,16-17H2,1-3H3. The fraction of sp³-hybridized carbons (Fsp3) is 0.444. The van der Waals surface area contributed by atoms with E-state index in [1.807, 2.05) is 31.2 Å². The van der Waals surface area contributed by atoms with Gasteiger partial charge < -0.3 is 23.4 Å². The number of nitrogens with zero attached hydrogens (tertiary/aromatic N) is 2. The minimum absolute atomic E-state index is 0.375. The lowest BCUT2D eigenvalue weighted by molar-refractivity contribution is 0.0330. The third kappa shape index (κ3) is 4.74. The van der Waals surface area contributed by atoms with Gasteiger partial charge in [-0.3, -0.25) is 9.80 Å². The van der Waals surface area contributed by atoms with Gasteiger partial charge in [0.2, 0.25) is 0 Å². The number of benzene rings is 2. The molecule has 0 aliphatic carbocycles. The number of hydrogen-bond acceptors (Lipinski definition) is 8. The molecule has 1 fully saturated rings. The third-order valence-corrected chi connectivity index (χ3v) is 6.90. The number of ether oxygens (including phenoxy) is 4. The molecular weight excluding hydrogens is 448 g/mol. The molecule has 2 aromatic carbocycles. The van der Waals surface area contributed by atoms with Crippen LogP contribution in [0.2, 0.25) is 0 Å². The van der Waals surface area contributed by atoms with Crippen molar-refractivity contribution in [2.45, 2.75) is 19.9 Å². The highest BCUT2D eigenvalue weighted by Crippen LogP contribution is 2.37. The second-order valence-electron chi connectivity index (χ2n) is 9.01. The van der Waals surface area contributed by atoms with E-state index < -0.39 is 0 Å². The normalized spacial score (nSPS) is 16.7. The van der Waals surface area contributed by atoms with Crippen LogP contribution in [0, 0.1) is 6.92 Å². The molecule has 0 saturated carbocycles. The predicted octanol–water partition coefficient (Wildman–Crippen LogP) is 3.66. The average Bonchev–Trinajstić information content (AvgIpc) is 2.89. The van der Waals surface area contributed by atoms with Crippen LogP contribution < -0.4 is 19.8 Å². The maximum Gasteiger partial charge on any atom is 0.344 e. The Kier molecular flexibility index (Phi) is 6.95. The summed E-state index contributed by atoms with van der Waals surface area (Å²) in [6.07, 6.45) is 1.05. The van der Waals surface area contributed by atoms with Crippen molar-refractivity contribution in [3.8, 4) is 28.4 Å². The summed E-state index contributed by atoms with van der Waals surface area (Å²) in [4.78, 5) is 17.9. The van der Waals surface area contributed by atoms with Gasteiger partial charge in [-0.1, -0.05) is 6.07 Å². The Morgan fingerprint density at radius 2 is 1.74 bits per heavy atom. The van der Waals surface area contributed by atoms with E-state index in [9.17, 15) is 4.79 Å². The summed E-state index contributed by atoms with van der Waals surface area (Å²) < 4.78 is 28.2. The number of morpholine rings is 1. The molecule has 0 N–H and O–H groups in total. The van der Waals surface area contributed by atoms with Crippen molar-refractivity contribution in [1.29, 1.82) is 0 Å². The fourth-order valence-electron chi connectivity index (χ4n) is 4.98. The van der Waals surface area contributed by atoms with Gasteiger partial charge in [-0.2, -0.15) is 0 Å². The average molecular weight is 481 g/mol. The molecule has 0 unspecified atom stereocenters. The largest absolute Gasteiger partial charge is 0.493 e. The molecule has 2 aliphatic heterocycles. The van der Waals surface area contributed by atoms with Crippen LogP contribution >= 0.6 is 0 Å². The van der Waals surface area contributed by atoms with Crippen LogP contribution in [0.25, 0.3) is 22.1 Å². The van der Waals surface area contributed by atoms with Crippen molar-refractivity contribution in [1.82, 2.24) is 9.80 Å². The maximum atomic E-state index is 13.2. The highest BCUT2D eigenvalue weighted by molar-refractivity contribution is 5.90. The molecule has 8 heteroatoms. The van der Waals surface area contributed by atoms with E-state index in [2.05, 4.69) is 9.80 Å². The summed E-state index contributed by atoms with van der Waals surface area (Å²) in [6, 6.07) is 9.41. The molecule has 1 aromatic heterocycles. The van der Waals surface area contributed by atoms with Crippen LogP contribution in [0.15, 0.2) is 39.5 Å². The molecule has 0 spiro atoms. The van der Waals surface area contributed by atoms with Crippen LogP contribution in [0.3, 0.4) is 0 Å². The Bertz CT molecular complexity index is 1260. The molecule has 8 nitrogen and oxygen atoms in total. The van der Waals surface area contributed by atoms with Gasteiger partial charge in [0.1, 0.15) is 18.1 Å². The Morgan fingerprint density at radius 1 is 0.971 bits per heavy atom. The number of hydrogen-bond donors (Lipinski definition) is 0. The highest BCUT2D eigenvalue weighted by atomic mass is 16.5. The fourth-order valence-corrected chi connectivity index (χ4v) is 4.98. The maximum absolute atomic E-state index is 13.2. The molecule has 3 heterocycles. The summed E-state index contributed by atoms with van der Waals surface area (Å²) in [5, 5.41) is 0.909. The topological polar surface area (TPSA) is 73.6 Å². The first-order chi connectivity index (χ1) is 17.1. The zero-order valence-electron chi connectivity index (χ0n) is 20.6. The summed E-state index contributed by atoms with van der Waals surface area (Å²) in [5.41, 5.74) is 3.29. The van der Waals surface area contributed by atoms with E-state index in [1.165, 1.54) is 0 Å². The Labute approximate surface area is 204 Å². The summed E-state index contributed by atoms with van der Waals surface area (Å²) in [6.45, 7) is 8.77. The smallest absolute Gasteiger partial charge is 0.344 e. The lowest BCUT2D eigenvalue weighted by Crippen LogP contribution is -2.39. The van der Waals surface area contributed by atoms with E-state index in [0.717, 1.165) is 73.6 Å². The lowest BCUT2D eigenvalue weighted by atomic mass is 9.97. The first-order valence-electron chi connectivity index (χ1n) is 12.1. The Morgan fingerprint density at radius 3 is 2.51 bits per heavy atom. The molecular formula is C27H32N2O6. The van der Waals surface area contributed by atoms with Crippen molar-refractivity contribution < 1.29 is 23.4 Å². The summed E-state index contributed by atoms with van der Waals surface area (Å²) >= 11 is 0. The molecule has 0 amide bonds. The van der Waals surface area contributed by atoms with Crippen LogP contribution in [0.4, 0.5) is 0 Å². The van der Waals surface area contributed by atoms with E-state index in [0.29, 0.717) is 35.9 Å². The quantitative estimate of drug-likeness (QED) is 0.475. The van der Waals surface area contributed by atoms with Crippen molar-refractivity contribution in [2.75, 3.05) is 60.3 Å². The van der Waals surface area contributed by atoms with E-state index in [4.69, 9.17) is 23.4 Å². The van der Waals surface area contributed by atoms with Crippen LogP contribution in [0.5, 0.6) is 17.2 Å². The molecule has 2 aliphatic rings. The minimum Gasteiger partial charge on any atom is -0.493 e. The van der Waals surface area contributed by atoms with Crippen molar-refractivity contribution in [3.63, 3.8) is 0 Å².